The molecule has 1 rings (SSSR count). The summed E-state index contributed by atoms with van der Waals surface area (Å²) in [6.07, 6.45) is 5.17. The van der Waals surface area contributed by atoms with Crippen molar-refractivity contribution in [1.82, 2.24) is 5.32 Å². The normalized spacial score (nSPS) is 11.3. The van der Waals surface area contributed by atoms with Crippen LogP contribution < -0.4 is 15.8 Å². The molecule has 1 unspecified atom stereocenters. The number of nitrogens with one attached hydrogen (secondary N) is 1. The van der Waals surface area contributed by atoms with Gasteiger partial charge < -0.3 is 15.8 Å². The maximum Gasteiger partial charge on any atom is 0.252 e. The zero-order chi connectivity index (χ0) is 12.1. The summed E-state index contributed by atoms with van der Waals surface area (Å²) in [6.45, 7) is 1.72. The summed E-state index contributed by atoms with van der Waals surface area (Å²) in [4.78, 5) is 11.7. The molecule has 1 aromatic carbocycles. The molecule has 0 fully saturated rings. The number of rotatable bonds is 3. The molecule has 1 amide bonds. The highest BCUT2D eigenvalue weighted by molar-refractivity contribution is 5.95. The Morgan fingerprint density at radius 2 is 2.25 bits per heavy atom. The molecule has 0 heterocycles. The second-order valence-electron chi connectivity index (χ2n) is 3.36. The maximum atomic E-state index is 11.7. The Balaban J connectivity index is 2.91. The van der Waals surface area contributed by atoms with E-state index in [-0.39, 0.29) is 11.9 Å². The summed E-state index contributed by atoms with van der Waals surface area (Å²) >= 11 is 0. The molecule has 0 saturated carbocycles. The van der Waals surface area contributed by atoms with Crippen LogP contribution in [0.1, 0.15) is 17.3 Å². The third-order valence-electron chi connectivity index (χ3n) is 2.02. The number of nitrogens with two attached hydrogens (primary N) is 1. The summed E-state index contributed by atoms with van der Waals surface area (Å²) in [5.41, 5.74) is 6.54. The molecule has 0 aliphatic rings. The van der Waals surface area contributed by atoms with E-state index in [2.05, 4.69) is 11.2 Å². The van der Waals surface area contributed by atoms with Crippen molar-refractivity contribution in [1.29, 1.82) is 0 Å². The van der Waals surface area contributed by atoms with Gasteiger partial charge in [0.15, 0.2) is 0 Å². The smallest absolute Gasteiger partial charge is 0.252 e. The van der Waals surface area contributed by atoms with Gasteiger partial charge in [-0.1, -0.05) is 5.92 Å². The van der Waals surface area contributed by atoms with E-state index < -0.39 is 0 Å². The molecule has 0 saturated heterocycles. The number of carbonyl (C=O) groups excluding carboxylic acids is 1. The van der Waals surface area contributed by atoms with Gasteiger partial charge in [-0.05, 0) is 19.1 Å². The van der Waals surface area contributed by atoms with Gasteiger partial charge >= 0.3 is 0 Å². The highest BCUT2D eigenvalue weighted by Crippen LogP contribution is 2.18. The number of amides is 1. The van der Waals surface area contributed by atoms with Crippen LogP contribution in [0.25, 0.3) is 0 Å². The average Bonchev–Trinajstić information content (AvgIpc) is 2.27. The number of terminal acetylenes is 1. The first-order valence-corrected chi connectivity index (χ1v) is 4.78. The largest absolute Gasteiger partial charge is 0.497 e. The average molecular weight is 218 g/mol. The molecule has 84 valence electrons. The van der Waals surface area contributed by atoms with Gasteiger partial charge in [-0.2, -0.15) is 0 Å². The molecule has 0 aliphatic heterocycles. The summed E-state index contributed by atoms with van der Waals surface area (Å²) in [5.74, 6) is 2.69. The van der Waals surface area contributed by atoms with Crippen LogP contribution in [0.4, 0.5) is 5.69 Å². The van der Waals surface area contributed by atoms with Crippen LogP contribution in [-0.2, 0) is 0 Å². The molecule has 0 radical (unpaired) electrons. The fourth-order valence-corrected chi connectivity index (χ4v) is 1.19. The summed E-state index contributed by atoms with van der Waals surface area (Å²) in [5, 5.41) is 2.64. The lowest BCUT2D eigenvalue weighted by Crippen LogP contribution is -2.31. The molecule has 1 atom stereocenters. The van der Waals surface area contributed by atoms with Crippen LogP contribution in [0, 0.1) is 12.3 Å². The van der Waals surface area contributed by atoms with Gasteiger partial charge in [0.25, 0.3) is 5.91 Å². The minimum absolute atomic E-state index is 0.268. The Bertz CT molecular complexity index is 435. The van der Waals surface area contributed by atoms with Crippen LogP contribution in [0.3, 0.4) is 0 Å². The number of methoxy groups -OCH3 is 1. The fraction of sp³-hybridized carbons (Fsp3) is 0.250. The molecule has 0 aromatic heterocycles. The van der Waals surface area contributed by atoms with Gasteiger partial charge in [0.05, 0.1) is 13.2 Å². The topological polar surface area (TPSA) is 64.4 Å². The van der Waals surface area contributed by atoms with Gasteiger partial charge in [0, 0.05) is 17.3 Å². The Morgan fingerprint density at radius 3 is 2.81 bits per heavy atom. The van der Waals surface area contributed by atoms with Crippen molar-refractivity contribution >= 4 is 11.6 Å². The molecule has 4 nitrogen and oxygen atoms in total. The quantitative estimate of drug-likeness (QED) is 0.588. The summed E-state index contributed by atoms with van der Waals surface area (Å²) in [7, 11) is 1.51. The fourth-order valence-electron chi connectivity index (χ4n) is 1.19. The predicted molar refractivity (Wildman–Crippen MR) is 63.2 cm³/mol. The third kappa shape index (κ3) is 2.92. The minimum atomic E-state index is -0.320. The van der Waals surface area contributed by atoms with Crippen LogP contribution in [-0.4, -0.2) is 19.1 Å². The second-order valence-corrected chi connectivity index (χ2v) is 3.36. The van der Waals surface area contributed by atoms with Crippen molar-refractivity contribution in [2.24, 2.45) is 0 Å². The number of hydrogen-bond donors (Lipinski definition) is 2. The van der Waals surface area contributed by atoms with E-state index in [1.807, 2.05) is 0 Å². The molecule has 4 heteroatoms. The van der Waals surface area contributed by atoms with Crippen LogP contribution in [0.5, 0.6) is 5.75 Å². The van der Waals surface area contributed by atoms with Crippen molar-refractivity contribution < 1.29 is 9.53 Å². The Hall–Kier alpha value is -2.15. The van der Waals surface area contributed by atoms with E-state index in [4.69, 9.17) is 16.9 Å². The maximum absolute atomic E-state index is 11.7. The summed E-state index contributed by atoms with van der Waals surface area (Å²) in [6, 6.07) is 4.50. The highest BCUT2D eigenvalue weighted by atomic mass is 16.5. The van der Waals surface area contributed by atoms with Crippen molar-refractivity contribution in [3.8, 4) is 18.1 Å². The SMILES string of the molecule is C#CC(C)NC(=O)c1cc(N)cc(OC)c1. The first-order chi connectivity index (χ1) is 7.56. The van der Waals surface area contributed by atoms with E-state index in [9.17, 15) is 4.79 Å². The van der Waals surface area contributed by atoms with Gasteiger partial charge in [-0.25, -0.2) is 0 Å². The number of anilines is 1. The first-order valence-electron chi connectivity index (χ1n) is 4.78. The standard InChI is InChI=1S/C12H14N2O2/c1-4-8(2)14-12(15)9-5-10(13)7-11(6-9)16-3/h1,5-8H,13H2,2-3H3,(H,14,15). The van der Waals surface area contributed by atoms with Crippen molar-refractivity contribution in [2.45, 2.75) is 13.0 Å². The molecule has 0 bridgehead atoms. The second kappa shape index (κ2) is 5.08. The lowest BCUT2D eigenvalue weighted by atomic mass is 10.1. The number of ether oxygens (including phenoxy) is 1. The van der Waals surface area contributed by atoms with Gasteiger partial charge in [0.1, 0.15) is 5.75 Å². The summed E-state index contributed by atoms with van der Waals surface area (Å²) < 4.78 is 5.02. The number of hydrogen-bond acceptors (Lipinski definition) is 3. The molecular formula is C12H14N2O2. The molecule has 16 heavy (non-hydrogen) atoms. The lowest BCUT2D eigenvalue weighted by molar-refractivity contribution is 0.0948. The van der Waals surface area contributed by atoms with Crippen molar-refractivity contribution in [3.63, 3.8) is 0 Å². The van der Waals surface area contributed by atoms with E-state index in [1.54, 1.807) is 25.1 Å². The van der Waals surface area contributed by atoms with Gasteiger partial charge in [0.2, 0.25) is 0 Å². The minimum Gasteiger partial charge on any atom is -0.497 e. The van der Waals surface area contributed by atoms with Crippen molar-refractivity contribution in [2.75, 3.05) is 12.8 Å². The predicted octanol–water partition coefficient (Wildman–Crippen LogP) is 1.03. The Labute approximate surface area is 94.8 Å². The first kappa shape index (κ1) is 11.9. The number of benzene rings is 1. The third-order valence-corrected chi connectivity index (χ3v) is 2.02. The number of nitrogen functional groups attached to an aromatic ring is 1. The van der Waals surface area contributed by atoms with E-state index in [0.717, 1.165) is 0 Å². The van der Waals surface area contributed by atoms with Crippen LogP contribution in [0.2, 0.25) is 0 Å². The van der Waals surface area contributed by atoms with E-state index in [0.29, 0.717) is 17.0 Å². The number of carbonyl (C=O) groups is 1. The zero-order valence-electron chi connectivity index (χ0n) is 9.28. The van der Waals surface area contributed by atoms with Crippen LogP contribution >= 0.6 is 0 Å². The monoisotopic (exact) mass is 218 g/mol. The van der Waals surface area contributed by atoms with Crippen LogP contribution in [0.15, 0.2) is 18.2 Å². The highest BCUT2D eigenvalue weighted by Gasteiger charge is 2.09. The molecule has 0 spiro atoms. The van der Waals surface area contributed by atoms with Crippen molar-refractivity contribution in [3.05, 3.63) is 23.8 Å². The molecule has 0 aliphatic carbocycles. The van der Waals surface area contributed by atoms with E-state index >= 15 is 0 Å². The molecule has 1 aromatic rings. The lowest BCUT2D eigenvalue weighted by Gasteiger charge is -2.09. The zero-order valence-corrected chi connectivity index (χ0v) is 9.28. The van der Waals surface area contributed by atoms with Gasteiger partial charge in [-0.15, -0.1) is 6.42 Å². The molecular weight excluding hydrogens is 204 g/mol. The van der Waals surface area contributed by atoms with Gasteiger partial charge in [-0.3, -0.25) is 4.79 Å². The molecule has 3 N–H and O–H groups in total. The Kier molecular flexibility index (Phi) is 3.78. The Morgan fingerprint density at radius 1 is 1.56 bits per heavy atom. The van der Waals surface area contributed by atoms with E-state index in [1.165, 1.54) is 7.11 Å².